The molecule has 0 saturated heterocycles. The number of aromatic nitrogens is 2. The zero-order chi connectivity index (χ0) is 19.8. The van der Waals surface area contributed by atoms with Gasteiger partial charge in [-0.25, -0.2) is 4.39 Å². The molecule has 28 heavy (non-hydrogen) atoms. The van der Waals surface area contributed by atoms with E-state index in [0.29, 0.717) is 22.4 Å². The Balaban J connectivity index is 1.79. The van der Waals surface area contributed by atoms with E-state index in [1.807, 2.05) is 31.4 Å². The normalized spacial score (nSPS) is 14.2. The highest BCUT2D eigenvalue weighted by molar-refractivity contribution is 6.10. The maximum Gasteiger partial charge on any atom is 0.227 e. The number of ketones is 1. The van der Waals surface area contributed by atoms with Gasteiger partial charge in [-0.1, -0.05) is 18.2 Å². The van der Waals surface area contributed by atoms with E-state index < -0.39 is 0 Å². The van der Waals surface area contributed by atoms with Gasteiger partial charge in [0.25, 0.3) is 0 Å². The molecule has 0 saturated carbocycles. The number of fused-ring (bicyclic) bond motifs is 1. The summed E-state index contributed by atoms with van der Waals surface area (Å²) in [5.74, 6) is -0.504. The van der Waals surface area contributed by atoms with Gasteiger partial charge in [-0.05, 0) is 41.8 Å². The third-order valence-electron chi connectivity index (χ3n) is 5.07. The van der Waals surface area contributed by atoms with Gasteiger partial charge in [-0.15, -0.1) is 0 Å². The topological polar surface area (TPSA) is 55.2 Å². The Morgan fingerprint density at radius 2 is 1.89 bits per heavy atom. The zero-order valence-electron chi connectivity index (χ0n) is 15.8. The van der Waals surface area contributed by atoms with Crippen molar-refractivity contribution in [3.8, 4) is 11.1 Å². The van der Waals surface area contributed by atoms with Gasteiger partial charge >= 0.3 is 0 Å². The Kier molecular flexibility index (Phi) is 4.55. The third kappa shape index (κ3) is 3.33. The highest BCUT2D eigenvalue weighted by Crippen LogP contribution is 2.33. The van der Waals surface area contributed by atoms with Crippen molar-refractivity contribution in [2.45, 2.75) is 26.3 Å². The number of rotatable bonds is 3. The van der Waals surface area contributed by atoms with E-state index in [2.05, 4.69) is 5.10 Å². The molecule has 4 rings (SSSR count). The van der Waals surface area contributed by atoms with Crippen molar-refractivity contribution in [1.82, 2.24) is 9.78 Å². The first-order valence-corrected chi connectivity index (χ1v) is 9.14. The van der Waals surface area contributed by atoms with Gasteiger partial charge < -0.3 is 4.90 Å². The molecule has 0 aliphatic carbocycles. The molecule has 1 aliphatic heterocycles. The largest absolute Gasteiger partial charge is 0.307 e. The lowest BCUT2D eigenvalue weighted by Gasteiger charge is -2.23. The Morgan fingerprint density at radius 1 is 1.07 bits per heavy atom. The standard InChI is InChI=1S/C22H20FN3O2/c1-14-3-4-15(9-19(14)23)12-26-20-10-16(17-11-24-25(2)13-17)5-6-18(20)21(27)7-8-22(26)28/h3-6,9-11,13H,7-8,12H2,1-2H3. The highest BCUT2D eigenvalue weighted by atomic mass is 19.1. The Morgan fingerprint density at radius 3 is 2.61 bits per heavy atom. The second-order valence-corrected chi connectivity index (χ2v) is 7.12. The Hall–Kier alpha value is -3.28. The van der Waals surface area contributed by atoms with Crippen molar-refractivity contribution in [2.24, 2.45) is 7.05 Å². The molecule has 2 heterocycles. The smallest absolute Gasteiger partial charge is 0.227 e. The summed E-state index contributed by atoms with van der Waals surface area (Å²) in [5, 5.41) is 4.19. The predicted octanol–water partition coefficient (Wildman–Crippen LogP) is 4.04. The minimum absolute atomic E-state index is 0.0568. The summed E-state index contributed by atoms with van der Waals surface area (Å²) in [4.78, 5) is 26.9. The summed E-state index contributed by atoms with van der Waals surface area (Å²) in [5.41, 5.74) is 4.09. The Labute approximate surface area is 162 Å². The molecule has 0 spiro atoms. The van der Waals surface area contributed by atoms with Gasteiger partial charge in [0.2, 0.25) is 5.91 Å². The second kappa shape index (κ2) is 7.03. The predicted molar refractivity (Wildman–Crippen MR) is 105 cm³/mol. The SMILES string of the molecule is Cc1ccc(CN2C(=O)CCC(=O)c3ccc(-c4cnn(C)c4)cc32)cc1F. The number of nitrogens with zero attached hydrogens (tertiary/aromatic N) is 3. The van der Waals surface area contributed by atoms with E-state index in [1.54, 1.807) is 34.8 Å². The molecule has 0 radical (unpaired) electrons. The van der Waals surface area contributed by atoms with E-state index in [4.69, 9.17) is 0 Å². The lowest BCUT2D eigenvalue weighted by molar-refractivity contribution is -0.118. The minimum atomic E-state index is -0.305. The maximum absolute atomic E-state index is 14.0. The fraction of sp³-hybridized carbons (Fsp3) is 0.227. The molecule has 6 heteroatoms. The molecule has 0 unspecified atom stereocenters. The van der Waals surface area contributed by atoms with Crippen LogP contribution in [0.5, 0.6) is 0 Å². The summed E-state index contributed by atoms with van der Waals surface area (Å²) in [6.07, 6.45) is 3.93. The molecule has 2 aromatic carbocycles. The maximum atomic E-state index is 14.0. The number of aryl methyl sites for hydroxylation is 2. The van der Waals surface area contributed by atoms with Gasteiger partial charge in [0.05, 0.1) is 18.4 Å². The van der Waals surface area contributed by atoms with E-state index in [9.17, 15) is 14.0 Å². The van der Waals surface area contributed by atoms with Gasteiger partial charge in [0.1, 0.15) is 5.82 Å². The van der Waals surface area contributed by atoms with Crippen LogP contribution in [0, 0.1) is 12.7 Å². The van der Waals surface area contributed by atoms with Gasteiger partial charge in [-0.3, -0.25) is 14.3 Å². The highest BCUT2D eigenvalue weighted by Gasteiger charge is 2.27. The van der Waals surface area contributed by atoms with Crippen LogP contribution in [-0.2, 0) is 18.4 Å². The average Bonchev–Trinajstić information content (AvgIpc) is 3.08. The van der Waals surface area contributed by atoms with Crippen LogP contribution in [-0.4, -0.2) is 21.5 Å². The van der Waals surface area contributed by atoms with Crippen LogP contribution in [0.1, 0.15) is 34.3 Å². The monoisotopic (exact) mass is 377 g/mol. The van der Waals surface area contributed by atoms with Crippen LogP contribution < -0.4 is 4.90 Å². The van der Waals surface area contributed by atoms with Crippen molar-refractivity contribution >= 4 is 17.4 Å². The lowest BCUT2D eigenvalue weighted by Crippen LogP contribution is -2.29. The van der Waals surface area contributed by atoms with E-state index >= 15 is 0 Å². The van der Waals surface area contributed by atoms with Crippen molar-refractivity contribution in [1.29, 1.82) is 0 Å². The molecular formula is C22H20FN3O2. The third-order valence-corrected chi connectivity index (χ3v) is 5.07. The summed E-state index contributed by atoms with van der Waals surface area (Å²) < 4.78 is 15.7. The van der Waals surface area contributed by atoms with E-state index in [0.717, 1.165) is 11.1 Å². The summed E-state index contributed by atoms with van der Waals surface area (Å²) in [6.45, 7) is 1.91. The zero-order valence-corrected chi connectivity index (χ0v) is 15.8. The fourth-order valence-electron chi connectivity index (χ4n) is 3.46. The Bertz CT molecular complexity index is 1090. The number of carbonyl (C=O) groups excluding carboxylic acids is 2. The van der Waals surface area contributed by atoms with Crippen LogP contribution in [0.2, 0.25) is 0 Å². The fourth-order valence-corrected chi connectivity index (χ4v) is 3.46. The number of halogens is 1. The van der Waals surface area contributed by atoms with Crippen molar-refractivity contribution < 1.29 is 14.0 Å². The molecular weight excluding hydrogens is 357 g/mol. The number of anilines is 1. The van der Waals surface area contributed by atoms with Gasteiger partial charge in [-0.2, -0.15) is 5.10 Å². The first kappa shape index (κ1) is 18.1. The number of hydrogen-bond donors (Lipinski definition) is 0. The average molecular weight is 377 g/mol. The molecule has 1 amide bonds. The number of benzene rings is 2. The van der Waals surface area contributed by atoms with Gasteiger partial charge in [0, 0.05) is 37.2 Å². The van der Waals surface area contributed by atoms with Crippen LogP contribution in [0.25, 0.3) is 11.1 Å². The van der Waals surface area contributed by atoms with E-state index in [1.165, 1.54) is 6.07 Å². The summed E-state index contributed by atoms with van der Waals surface area (Å²) >= 11 is 0. The molecule has 0 atom stereocenters. The molecule has 142 valence electrons. The van der Waals surface area contributed by atoms with E-state index in [-0.39, 0.29) is 36.9 Å². The summed E-state index contributed by atoms with van der Waals surface area (Å²) in [7, 11) is 1.83. The van der Waals surface area contributed by atoms with Crippen LogP contribution in [0.3, 0.4) is 0 Å². The van der Waals surface area contributed by atoms with Crippen LogP contribution in [0.15, 0.2) is 48.8 Å². The second-order valence-electron chi connectivity index (χ2n) is 7.12. The lowest BCUT2D eigenvalue weighted by atomic mass is 10.0. The molecule has 5 nitrogen and oxygen atoms in total. The first-order valence-electron chi connectivity index (χ1n) is 9.14. The first-order chi connectivity index (χ1) is 13.4. The number of amides is 1. The number of Topliss-reactive ketones (excluding diaryl/α,β-unsaturated/α-hetero) is 1. The molecule has 0 bridgehead atoms. The van der Waals surface area contributed by atoms with Crippen LogP contribution in [0.4, 0.5) is 10.1 Å². The number of carbonyl (C=O) groups is 2. The molecule has 0 fully saturated rings. The van der Waals surface area contributed by atoms with Crippen LogP contribution >= 0.6 is 0 Å². The number of hydrogen-bond acceptors (Lipinski definition) is 3. The van der Waals surface area contributed by atoms with Gasteiger partial charge in [0.15, 0.2) is 5.78 Å². The molecule has 0 N–H and O–H groups in total. The molecule has 1 aromatic heterocycles. The van der Waals surface area contributed by atoms with Crippen molar-refractivity contribution in [2.75, 3.05) is 4.90 Å². The molecule has 1 aliphatic rings. The molecule has 3 aromatic rings. The van der Waals surface area contributed by atoms with Crippen molar-refractivity contribution in [3.63, 3.8) is 0 Å². The summed E-state index contributed by atoms with van der Waals surface area (Å²) in [6, 6.07) is 10.4. The minimum Gasteiger partial charge on any atom is -0.307 e. The quantitative estimate of drug-likeness (QED) is 0.692. The van der Waals surface area contributed by atoms with Crippen molar-refractivity contribution in [3.05, 3.63) is 71.3 Å².